The quantitative estimate of drug-likeness (QED) is 0.366. The van der Waals surface area contributed by atoms with Gasteiger partial charge in [-0.15, -0.1) is 0 Å². The molecule has 0 spiro atoms. The highest BCUT2D eigenvalue weighted by molar-refractivity contribution is 7.92. The zero-order valence-corrected chi connectivity index (χ0v) is 18.3. The van der Waals surface area contributed by atoms with Gasteiger partial charge in [-0.3, -0.25) is 4.31 Å². The van der Waals surface area contributed by atoms with E-state index in [-0.39, 0.29) is 5.75 Å². The molecule has 0 fully saturated rings. The maximum absolute atomic E-state index is 14.0. The molecule has 3 nitrogen and oxygen atoms in total. The standard InChI is InChI=1S/C28H23NO2S/c30-32(31,21-22-12-4-1-5-13-22)29-27-19-11-10-18-25(27)20-26(23-14-6-2-7-15-23)28(29)24-16-8-3-9-17-24/h1-20,28H,21H2. The summed E-state index contributed by atoms with van der Waals surface area (Å²) >= 11 is 0. The van der Waals surface area contributed by atoms with E-state index in [2.05, 4.69) is 6.08 Å². The predicted molar refractivity (Wildman–Crippen MR) is 131 cm³/mol. The molecule has 1 aliphatic heterocycles. The molecule has 1 atom stereocenters. The lowest BCUT2D eigenvalue weighted by Gasteiger charge is -2.39. The Morgan fingerprint density at radius 3 is 1.91 bits per heavy atom. The van der Waals surface area contributed by atoms with E-state index in [1.54, 1.807) is 4.31 Å². The minimum absolute atomic E-state index is 0.0619. The molecule has 0 saturated carbocycles. The van der Waals surface area contributed by atoms with Crippen molar-refractivity contribution in [3.8, 4) is 0 Å². The molecule has 1 unspecified atom stereocenters. The van der Waals surface area contributed by atoms with Crippen molar-refractivity contribution in [3.05, 3.63) is 138 Å². The van der Waals surface area contributed by atoms with Gasteiger partial charge < -0.3 is 0 Å². The molecule has 4 aromatic rings. The van der Waals surface area contributed by atoms with E-state index in [0.717, 1.165) is 27.8 Å². The Bertz CT molecular complexity index is 1350. The molecule has 0 N–H and O–H groups in total. The molecular weight excluding hydrogens is 414 g/mol. The van der Waals surface area contributed by atoms with Crippen LogP contribution in [0.2, 0.25) is 0 Å². The first-order valence-corrected chi connectivity index (χ1v) is 12.2. The fourth-order valence-corrected chi connectivity index (χ4v) is 6.08. The Morgan fingerprint density at radius 2 is 1.22 bits per heavy atom. The van der Waals surface area contributed by atoms with Crippen molar-refractivity contribution < 1.29 is 8.42 Å². The van der Waals surface area contributed by atoms with Gasteiger partial charge in [-0.1, -0.05) is 109 Å². The molecule has 5 rings (SSSR count). The van der Waals surface area contributed by atoms with Crippen LogP contribution in [-0.2, 0) is 15.8 Å². The lowest BCUT2D eigenvalue weighted by Crippen LogP contribution is -2.38. The van der Waals surface area contributed by atoms with E-state index < -0.39 is 16.1 Å². The Kier molecular flexibility index (Phi) is 5.38. The molecule has 0 amide bonds. The number of nitrogens with zero attached hydrogens (tertiary/aromatic N) is 1. The van der Waals surface area contributed by atoms with Gasteiger partial charge >= 0.3 is 0 Å². The van der Waals surface area contributed by atoms with E-state index in [1.807, 2.05) is 115 Å². The Morgan fingerprint density at radius 1 is 0.656 bits per heavy atom. The summed E-state index contributed by atoms with van der Waals surface area (Å²) in [7, 11) is -3.70. The topological polar surface area (TPSA) is 37.4 Å². The number of sulfonamides is 1. The second kappa shape index (κ2) is 8.48. The van der Waals surface area contributed by atoms with Crippen LogP contribution in [0.3, 0.4) is 0 Å². The average molecular weight is 438 g/mol. The van der Waals surface area contributed by atoms with Crippen LogP contribution in [0, 0.1) is 0 Å². The number of anilines is 1. The van der Waals surface area contributed by atoms with Gasteiger partial charge in [0.1, 0.15) is 0 Å². The van der Waals surface area contributed by atoms with Crippen LogP contribution in [0.1, 0.15) is 28.3 Å². The third-order valence-corrected chi connectivity index (χ3v) is 7.43. The minimum Gasteiger partial charge on any atom is -0.257 e. The van der Waals surface area contributed by atoms with Gasteiger partial charge in [0.05, 0.1) is 17.5 Å². The molecule has 0 bridgehead atoms. The normalized spacial score (nSPS) is 15.7. The molecule has 158 valence electrons. The van der Waals surface area contributed by atoms with Crippen molar-refractivity contribution in [1.82, 2.24) is 0 Å². The molecule has 0 saturated heterocycles. The molecule has 0 radical (unpaired) electrons. The lowest BCUT2D eigenvalue weighted by atomic mass is 9.88. The monoisotopic (exact) mass is 437 g/mol. The van der Waals surface area contributed by atoms with Gasteiger partial charge in [-0.25, -0.2) is 8.42 Å². The third kappa shape index (κ3) is 3.85. The molecular formula is C28H23NO2S. The summed E-state index contributed by atoms with van der Waals surface area (Å²) in [4.78, 5) is 0. The molecule has 1 heterocycles. The second-order valence-electron chi connectivity index (χ2n) is 7.88. The highest BCUT2D eigenvalue weighted by Crippen LogP contribution is 2.46. The van der Waals surface area contributed by atoms with Crippen molar-refractivity contribution in [1.29, 1.82) is 0 Å². The van der Waals surface area contributed by atoms with Crippen molar-refractivity contribution in [2.24, 2.45) is 0 Å². The molecule has 4 aromatic carbocycles. The summed E-state index contributed by atoms with van der Waals surface area (Å²) in [5, 5.41) is 0. The first kappa shape index (κ1) is 20.3. The molecule has 0 aliphatic carbocycles. The van der Waals surface area contributed by atoms with Crippen molar-refractivity contribution in [2.75, 3.05) is 4.31 Å². The zero-order chi connectivity index (χ0) is 22.0. The van der Waals surface area contributed by atoms with Crippen LogP contribution in [0.4, 0.5) is 5.69 Å². The van der Waals surface area contributed by atoms with Gasteiger partial charge in [-0.2, -0.15) is 0 Å². The highest BCUT2D eigenvalue weighted by Gasteiger charge is 2.38. The number of fused-ring (bicyclic) bond motifs is 1. The molecule has 32 heavy (non-hydrogen) atoms. The van der Waals surface area contributed by atoms with Crippen LogP contribution in [-0.4, -0.2) is 8.42 Å². The number of hydrogen-bond donors (Lipinski definition) is 0. The summed E-state index contributed by atoms with van der Waals surface area (Å²) in [6.07, 6.45) is 2.12. The number of rotatable bonds is 5. The van der Waals surface area contributed by atoms with Gasteiger partial charge in [0.25, 0.3) is 0 Å². The van der Waals surface area contributed by atoms with Crippen LogP contribution >= 0.6 is 0 Å². The van der Waals surface area contributed by atoms with Gasteiger partial charge in [-0.05, 0) is 40.0 Å². The maximum atomic E-state index is 14.0. The van der Waals surface area contributed by atoms with E-state index in [4.69, 9.17) is 0 Å². The van der Waals surface area contributed by atoms with E-state index in [9.17, 15) is 8.42 Å². The highest BCUT2D eigenvalue weighted by atomic mass is 32.2. The first-order chi connectivity index (χ1) is 15.6. The smallest absolute Gasteiger partial charge is 0.240 e. The van der Waals surface area contributed by atoms with Crippen LogP contribution in [0.5, 0.6) is 0 Å². The summed E-state index contributed by atoms with van der Waals surface area (Å²) in [5.74, 6) is -0.0619. The van der Waals surface area contributed by atoms with Crippen molar-refractivity contribution >= 4 is 27.4 Å². The first-order valence-electron chi connectivity index (χ1n) is 10.6. The van der Waals surface area contributed by atoms with Crippen molar-refractivity contribution in [3.63, 3.8) is 0 Å². The zero-order valence-electron chi connectivity index (χ0n) is 17.5. The van der Waals surface area contributed by atoms with Gasteiger partial charge in [0.2, 0.25) is 10.0 Å². The third-order valence-electron chi connectivity index (χ3n) is 5.73. The van der Waals surface area contributed by atoms with Crippen LogP contribution in [0.25, 0.3) is 11.6 Å². The minimum atomic E-state index is -3.70. The largest absolute Gasteiger partial charge is 0.257 e. The SMILES string of the molecule is O=S(=O)(Cc1ccccc1)N1c2ccccc2C=C(c2ccccc2)C1c1ccccc1. The fraction of sp³-hybridized carbons (Fsp3) is 0.0714. The van der Waals surface area contributed by atoms with Gasteiger partial charge in [0, 0.05) is 0 Å². The van der Waals surface area contributed by atoms with Crippen LogP contribution < -0.4 is 4.31 Å². The summed E-state index contributed by atoms with van der Waals surface area (Å²) in [5.41, 5.74) is 5.29. The molecule has 1 aliphatic rings. The predicted octanol–water partition coefficient (Wildman–Crippen LogP) is 6.32. The summed E-state index contributed by atoms with van der Waals surface area (Å²) in [6, 6.07) is 36.5. The van der Waals surface area contributed by atoms with Gasteiger partial charge in [0.15, 0.2) is 0 Å². The van der Waals surface area contributed by atoms with E-state index in [0.29, 0.717) is 5.69 Å². The van der Waals surface area contributed by atoms with E-state index >= 15 is 0 Å². The second-order valence-corrected chi connectivity index (χ2v) is 9.72. The Labute approximate surface area is 189 Å². The number of para-hydroxylation sites is 1. The Balaban J connectivity index is 1.73. The lowest BCUT2D eigenvalue weighted by molar-refractivity contribution is 0.586. The summed E-state index contributed by atoms with van der Waals surface area (Å²) in [6.45, 7) is 0. The van der Waals surface area contributed by atoms with Crippen molar-refractivity contribution in [2.45, 2.75) is 11.8 Å². The van der Waals surface area contributed by atoms with E-state index in [1.165, 1.54) is 0 Å². The molecule has 4 heteroatoms. The van der Waals surface area contributed by atoms with Crippen LogP contribution in [0.15, 0.2) is 115 Å². The number of hydrogen-bond acceptors (Lipinski definition) is 2. The maximum Gasteiger partial charge on any atom is 0.240 e. The fourth-order valence-electron chi connectivity index (χ4n) is 4.31. The average Bonchev–Trinajstić information content (AvgIpc) is 2.84. The summed E-state index contributed by atoms with van der Waals surface area (Å²) < 4.78 is 29.6. The molecule has 0 aromatic heterocycles. The number of benzene rings is 4. The Hall–Kier alpha value is -3.63.